The van der Waals surface area contributed by atoms with E-state index in [1.807, 2.05) is 12.1 Å². The van der Waals surface area contributed by atoms with Crippen molar-refractivity contribution in [3.63, 3.8) is 0 Å². The van der Waals surface area contributed by atoms with Crippen LogP contribution in [0.25, 0.3) is 0 Å². The lowest BCUT2D eigenvalue weighted by molar-refractivity contribution is -0.119. The quantitative estimate of drug-likeness (QED) is 0.758. The van der Waals surface area contributed by atoms with Crippen LogP contribution < -0.4 is 15.5 Å². The van der Waals surface area contributed by atoms with E-state index in [9.17, 15) is 4.79 Å². The number of nitrogens with one attached hydrogen (secondary N) is 2. The minimum atomic E-state index is -0.0221. The number of hydrogen-bond acceptors (Lipinski definition) is 4. The number of rotatable bonds is 7. The van der Waals surface area contributed by atoms with Gasteiger partial charge in [0.15, 0.2) is 0 Å². The van der Waals surface area contributed by atoms with Crippen molar-refractivity contribution >= 4 is 17.3 Å². The normalized spacial score (nSPS) is 15.6. The highest BCUT2D eigenvalue weighted by atomic mass is 16.5. The Balaban J connectivity index is 1.76. The minimum absolute atomic E-state index is 0.0221. The van der Waals surface area contributed by atoms with Gasteiger partial charge in [0, 0.05) is 38.1 Å². The van der Waals surface area contributed by atoms with E-state index in [1.165, 1.54) is 18.5 Å². The summed E-state index contributed by atoms with van der Waals surface area (Å²) in [7, 11) is 1.62. The van der Waals surface area contributed by atoms with Crippen LogP contribution in [0.15, 0.2) is 24.3 Å². The van der Waals surface area contributed by atoms with Gasteiger partial charge in [0.25, 0.3) is 0 Å². The van der Waals surface area contributed by atoms with Crippen molar-refractivity contribution in [2.45, 2.75) is 19.8 Å². The lowest BCUT2D eigenvalue weighted by atomic mass is 9.99. The third-order valence-electron chi connectivity index (χ3n) is 4.10. The average Bonchev–Trinajstić information content (AvgIpc) is 2.54. The van der Waals surface area contributed by atoms with Crippen molar-refractivity contribution in [1.29, 1.82) is 0 Å². The SMILES string of the molecule is COCCNC(=O)CNc1ccc(N2CCC(C)CC2)cc1. The van der Waals surface area contributed by atoms with Crippen LogP contribution in [0.3, 0.4) is 0 Å². The Kier molecular flexibility index (Phi) is 6.52. The molecule has 0 saturated carbocycles. The molecule has 0 aliphatic carbocycles. The van der Waals surface area contributed by atoms with E-state index >= 15 is 0 Å². The molecular weight excluding hydrogens is 278 g/mol. The van der Waals surface area contributed by atoms with Crippen LogP contribution in [-0.2, 0) is 9.53 Å². The van der Waals surface area contributed by atoms with Crippen LogP contribution in [0.5, 0.6) is 0 Å². The summed E-state index contributed by atoms with van der Waals surface area (Å²) in [6, 6.07) is 8.33. The first-order chi connectivity index (χ1) is 10.7. The Morgan fingerprint density at radius 3 is 2.59 bits per heavy atom. The highest BCUT2D eigenvalue weighted by molar-refractivity contribution is 5.80. The summed E-state index contributed by atoms with van der Waals surface area (Å²) in [6.07, 6.45) is 2.53. The number of anilines is 2. The molecule has 0 aromatic heterocycles. The molecular formula is C17H27N3O2. The molecule has 1 aromatic carbocycles. The molecule has 0 bridgehead atoms. The number of ether oxygens (including phenoxy) is 1. The molecule has 0 atom stereocenters. The molecule has 1 fully saturated rings. The first kappa shape index (κ1) is 16.6. The van der Waals surface area contributed by atoms with Gasteiger partial charge in [-0.25, -0.2) is 0 Å². The number of hydrogen-bond donors (Lipinski definition) is 2. The fourth-order valence-corrected chi connectivity index (χ4v) is 2.59. The maximum absolute atomic E-state index is 11.6. The number of piperidine rings is 1. The van der Waals surface area contributed by atoms with Crippen molar-refractivity contribution in [3.05, 3.63) is 24.3 Å². The molecule has 1 aliphatic rings. The molecule has 5 heteroatoms. The third kappa shape index (κ3) is 5.22. The summed E-state index contributed by atoms with van der Waals surface area (Å²) in [4.78, 5) is 14.0. The van der Waals surface area contributed by atoms with E-state index in [0.29, 0.717) is 13.2 Å². The predicted molar refractivity (Wildman–Crippen MR) is 90.4 cm³/mol. The topological polar surface area (TPSA) is 53.6 Å². The molecule has 0 unspecified atom stereocenters. The molecule has 1 saturated heterocycles. The second-order valence-corrected chi connectivity index (χ2v) is 5.91. The van der Waals surface area contributed by atoms with Gasteiger partial charge in [0.2, 0.25) is 5.91 Å². The Morgan fingerprint density at radius 1 is 1.27 bits per heavy atom. The van der Waals surface area contributed by atoms with Gasteiger partial charge in [-0.2, -0.15) is 0 Å². The van der Waals surface area contributed by atoms with Gasteiger partial charge >= 0.3 is 0 Å². The van der Waals surface area contributed by atoms with E-state index in [1.54, 1.807) is 7.11 Å². The van der Waals surface area contributed by atoms with Crippen molar-refractivity contribution in [2.24, 2.45) is 5.92 Å². The predicted octanol–water partition coefficient (Wildman–Crippen LogP) is 2.10. The number of benzene rings is 1. The van der Waals surface area contributed by atoms with Crippen molar-refractivity contribution in [1.82, 2.24) is 5.32 Å². The summed E-state index contributed by atoms with van der Waals surface area (Å²) in [6.45, 7) is 5.95. The third-order valence-corrected chi connectivity index (χ3v) is 4.10. The molecule has 0 radical (unpaired) electrons. The van der Waals surface area contributed by atoms with Crippen molar-refractivity contribution in [2.75, 3.05) is 50.1 Å². The Hall–Kier alpha value is -1.75. The number of nitrogens with zero attached hydrogens (tertiary/aromatic N) is 1. The summed E-state index contributed by atoms with van der Waals surface area (Å²) in [5, 5.41) is 5.92. The molecule has 122 valence electrons. The molecule has 5 nitrogen and oxygen atoms in total. The molecule has 1 heterocycles. The number of amides is 1. The molecule has 1 aromatic rings. The molecule has 0 spiro atoms. The largest absolute Gasteiger partial charge is 0.383 e. The molecule has 2 rings (SSSR count). The molecule has 22 heavy (non-hydrogen) atoms. The number of carbonyl (C=O) groups is 1. The zero-order valence-corrected chi connectivity index (χ0v) is 13.6. The standard InChI is InChI=1S/C17H27N3O2/c1-14-7-10-20(11-8-14)16-5-3-15(4-6-16)19-13-17(21)18-9-12-22-2/h3-6,14,19H,7-13H2,1-2H3,(H,18,21). The van der Waals surface area contributed by atoms with E-state index < -0.39 is 0 Å². The fraction of sp³-hybridized carbons (Fsp3) is 0.588. The Morgan fingerprint density at radius 2 is 1.95 bits per heavy atom. The van der Waals surface area contributed by atoms with Crippen LogP contribution in [0, 0.1) is 5.92 Å². The second kappa shape index (κ2) is 8.63. The van der Waals surface area contributed by atoms with Crippen LogP contribution >= 0.6 is 0 Å². The van der Waals surface area contributed by atoms with Crippen LogP contribution in [0.2, 0.25) is 0 Å². The van der Waals surface area contributed by atoms with Crippen LogP contribution in [0.1, 0.15) is 19.8 Å². The van der Waals surface area contributed by atoms with E-state index in [-0.39, 0.29) is 12.5 Å². The van der Waals surface area contributed by atoms with Gasteiger partial charge < -0.3 is 20.3 Å². The second-order valence-electron chi connectivity index (χ2n) is 5.91. The van der Waals surface area contributed by atoms with Crippen LogP contribution in [-0.4, -0.2) is 45.8 Å². The highest BCUT2D eigenvalue weighted by Gasteiger charge is 2.15. The zero-order chi connectivity index (χ0) is 15.8. The maximum Gasteiger partial charge on any atom is 0.239 e. The molecule has 2 N–H and O–H groups in total. The first-order valence-electron chi connectivity index (χ1n) is 8.03. The van der Waals surface area contributed by atoms with Crippen LogP contribution in [0.4, 0.5) is 11.4 Å². The summed E-state index contributed by atoms with van der Waals surface area (Å²) in [5.41, 5.74) is 2.23. The highest BCUT2D eigenvalue weighted by Crippen LogP contribution is 2.24. The van der Waals surface area contributed by atoms with Gasteiger partial charge in [-0.1, -0.05) is 6.92 Å². The first-order valence-corrected chi connectivity index (χ1v) is 8.03. The Labute approximate surface area is 133 Å². The smallest absolute Gasteiger partial charge is 0.239 e. The number of carbonyl (C=O) groups excluding carboxylic acids is 1. The lowest BCUT2D eigenvalue weighted by Gasteiger charge is -2.32. The fourth-order valence-electron chi connectivity index (χ4n) is 2.59. The lowest BCUT2D eigenvalue weighted by Crippen LogP contribution is -2.33. The van der Waals surface area contributed by atoms with Crippen molar-refractivity contribution < 1.29 is 9.53 Å². The van der Waals surface area contributed by atoms with Gasteiger partial charge in [0.1, 0.15) is 0 Å². The van der Waals surface area contributed by atoms with Gasteiger partial charge in [0.05, 0.1) is 13.2 Å². The van der Waals surface area contributed by atoms with E-state index in [0.717, 1.165) is 24.7 Å². The van der Waals surface area contributed by atoms with Crippen molar-refractivity contribution in [3.8, 4) is 0 Å². The summed E-state index contributed by atoms with van der Waals surface area (Å²) < 4.78 is 4.89. The van der Waals surface area contributed by atoms with Gasteiger partial charge in [-0.15, -0.1) is 0 Å². The van der Waals surface area contributed by atoms with E-state index in [4.69, 9.17) is 4.74 Å². The minimum Gasteiger partial charge on any atom is -0.383 e. The summed E-state index contributed by atoms with van der Waals surface area (Å²) >= 11 is 0. The summed E-state index contributed by atoms with van der Waals surface area (Å²) in [5.74, 6) is 0.819. The molecule has 1 aliphatic heterocycles. The average molecular weight is 305 g/mol. The Bertz CT molecular complexity index is 453. The monoisotopic (exact) mass is 305 g/mol. The van der Waals surface area contributed by atoms with Gasteiger partial charge in [-0.3, -0.25) is 4.79 Å². The van der Waals surface area contributed by atoms with E-state index in [2.05, 4.69) is 34.6 Å². The maximum atomic E-state index is 11.6. The van der Waals surface area contributed by atoms with Gasteiger partial charge in [-0.05, 0) is 43.0 Å². The number of methoxy groups -OCH3 is 1. The zero-order valence-electron chi connectivity index (χ0n) is 13.6. The molecule has 1 amide bonds.